The molecule has 0 fully saturated rings. The predicted molar refractivity (Wildman–Crippen MR) is 170 cm³/mol. The number of fused-ring (bicyclic) bond motifs is 1. The molecule has 1 atom stereocenters. The van der Waals surface area contributed by atoms with Gasteiger partial charge in [-0.05, 0) is 73.0 Å². The van der Waals surface area contributed by atoms with Gasteiger partial charge in [-0.3, -0.25) is 9.36 Å². The van der Waals surface area contributed by atoms with Gasteiger partial charge in [-0.15, -0.1) is 0 Å². The lowest BCUT2D eigenvalue weighted by molar-refractivity contribution is -0.139. The lowest BCUT2D eigenvalue weighted by atomic mass is 9.95. The molecule has 0 unspecified atom stereocenters. The van der Waals surface area contributed by atoms with E-state index in [1.165, 1.54) is 11.3 Å². The second kappa shape index (κ2) is 12.9. The first-order valence-corrected chi connectivity index (χ1v) is 14.9. The molecule has 0 spiro atoms. The van der Waals surface area contributed by atoms with Crippen molar-refractivity contribution in [2.45, 2.75) is 26.5 Å². The number of carbonyl (C=O) groups excluding carboxylic acids is 1. The highest BCUT2D eigenvalue weighted by Crippen LogP contribution is 2.32. The molecule has 0 saturated heterocycles. The maximum atomic E-state index is 13.9. The first kappa shape index (κ1) is 30.1. The molecule has 1 aromatic heterocycles. The molecule has 0 saturated carbocycles. The van der Waals surface area contributed by atoms with Crippen molar-refractivity contribution in [3.63, 3.8) is 0 Å². The van der Waals surface area contributed by atoms with Crippen LogP contribution in [0.15, 0.2) is 87.8 Å². The van der Waals surface area contributed by atoms with E-state index in [0.29, 0.717) is 43.7 Å². The number of rotatable bonds is 9. The van der Waals surface area contributed by atoms with Gasteiger partial charge >= 0.3 is 5.97 Å². The zero-order valence-corrected chi connectivity index (χ0v) is 26.2. The number of allylic oxidation sites excluding steroid dienone is 1. The number of halogens is 1. The average Bonchev–Trinajstić information content (AvgIpc) is 3.30. The Balaban J connectivity index is 1.54. The van der Waals surface area contributed by atoms with E-state index in [1.54, 1.807) is 31.6 Å². The van der Waals surface area contributed by atoms with E-state index in [4.69, 9.17) is 25.8 Å². The molecule has 222 valence electrons. The third kappa shape index (κ3) is 6.38. The Morgan fingerprint density at radius 2 is 1.79 bits per heavy atom. The third-order valence-corrected chi connectivity index (χ3v) is 8.27. The second-order valence-electron chi connectivity index (χ2n) is 10.1. The van der Waals surface area contributed by atoms with E-state index in [1.807, 2.05) is 85.7 Å². The van der Waals surface area contributed by atoms with Gasteiger partial charge in [0, 0.05) is 24.8 Å². The number of thiazole rings is 1. The number of hydrogen-bond acceptors (Lipinski definition) is 8. The van der Waals surface area contributed by atoms with Crippen molar-refractivity contribution in [1.82, 2.24) is 4.57 Å². The third-order valence-electron chi connectivity index (χ3n) is 7.04. The summed E-state index contributed by atoms with van der Waals surface area (Å²) >= 11 is 7.25. The molecule has 2 heterocycles. The SMILES string of the molecule is CCOC(=O)C1=C(C)N=c2sc(=Cc3ccc(OCc4ccc(Cl)cc4)c(OC)c3)c(=O)n2[C@H]1c1ccc(N(C)C)cc1. The van der Waals surface area contributed by atoms with Crippen molar-refractivity contribution in [1.29, 1.82) is 0 Å². The van der Waals surface area contributed by atoms with E-state index < -0.39 is 12.0 Å². The van der Waals surface area contributed by atoms with Crippen molar-refractivity contribution >= 4 is 40.7 Å². The minimum Gasteiger partial charge on any atom is -0.493 e. The fourth-order valence-electron chi connectivity index (χ4n) is 4.85. The van der Waals surface area contributed by atoms with Crippen molar-refractivity contribution in [2.24, 2.45) is 4.99 Å². The number of benzene rings is 3. The van der Waals surface area contributed by atoms with Gasteiger partial charge in [-0.2, -0.15) is 0 Å². The van der Waals surface area contributed by atoms with Gasteiger partial charge in [0.2, 0.25) is 0 Å². The van der Waals surface area contributed by atoms with E-state index in [9.17, 15) is 9.59 Å². The standard InChI is InChI=1S/C33H32ClN3O5S/c1-6-41-32(39)29-20(2)35-33-37(30(29)23-10-14-25(15-11-23)36(3)4)31(38)28(43-33)18-22-9-16-26(27(17-22)40-5)42-19-21-7-12-24(34)13-8-21/h7-18,30H,6,19H2,1-5H3/t30-/m0/s1. The highest BCUT2D eigenvalue weighted by molar-refractivity contribution is 7.07. The molecule has 5 rings (SSSR count). The quantitative estimate of drug-likeness (QED) is 0.243. The normalized spacial score (nSPS) is 14.7. The summed E-state index contributed by atoms with van der Waals surface area (Å²) < 4.78 is 19.0. The summed E-state index contributed by atoms with van der Waals surface area (Å²) in [4.78, 5) is 34.3. The molecule has 4 aromatic rings. The Morgan fingerprint density at radius 3 is 2.44 bits per heavy atom. The first-order valence-electron chi connectivity index (χ1n) is 13.7. The molecule has 1 aliphatic rings. The second-order valence-corrected chi connectivity index (χ2v) is 11.6. The zero-order valence-electron chi connectivity index (χ0n) is 24.6. The predicted octanol–water partition coefficient (Wildman–Crippen LogP) is 5.11. The lowest BCUT2D eigenvalue weighted by Crippen LogP contribution is -2.39. The molecule has 10 heteroatoms. The molecule has 0 bridgehead atoms. The Morgan fingerprint density at radius 1 is 1.07 bits per heavy atom. The van der Waals surface area contributed by atoms with Crippen LogP contribution in [-0.4, -0.2) is 38.3 Å². The maximum Gasteiger partial charge on any atom is 0.338 e. The largest absolute Gasteiger partial charge is 0.493 e. The van der Waals surface area contributed by atoms with Crippen LogP contribution in [0.3, 0.4) is 0 Å². The van der Waals surface area contributed by atoms with Gasteiger partial charge in [0.1, 0.15) is 6.61 Å². The number of anilines is 1. The number of ether oxygens (including phenoxy) is 3. The van der Waals surface area contributed by atoms with Crippen LogP contribution in [0.4, 0.5) is 5.69 Å². The molecule has 43 heavy (non-hydrogen) atoms. The van der Waals surface area contributed by atoms with Crippen LogP contribution in [0.2, 0.25) is 5.02 Å². The molecule has 3 aromatic carbocycles. The fraction of sp³-hybridized carbons (Fsp3) is 0.242. The molecule has 8 nitrogen and oxygen atoms in total. The Labute approximate surface area is 258 Å². The summed E-state index contributed by atoms with van der Waals surface area (Å²) in [5.41, 5.74) is 4.15. The van der Waals surface area contributed by atoms with Gasteiger partial charge in [0.05, 0.1) is 35.6 Å². The minimum atomic E-state index is -0.674. The number of methoxy groups -OCH3 is 1. The number of aromatic nitrogens is 1. The van der Waals surface area contributed by atoms with Gasteiger partial charge in [-0.25, -0.2) is 9.79 Å². The lowest BCUT2D eigenvalue weighted by Gasteiger charge is -2.25. The molecular weight excluding hydrogens is 586 g/mol. The Bertz CT molecular complexity index is 1860. The highest BCUT2D eigenvalue weighted by atomic mass is 35.5. The first-order chi connectivity index (χ1) is 20.7. The minimum absolute atomic E-state index is 0.216. The molecule has 0 aliphatic carbocycles. The molecular formula is C33H32ClN3O5S. The van der Waals surface area contributed by atoms with Crippen LogP contribution in [0.25, 0.3) is 6.08 Å². The van der Waals surface area contributed by atoms with Crippen LogP contribution in [0.5, 0.6) is 11.5 Å². The Kier molecular flexibility index (Phi) is 9.03. The van der Waals surface area contributed by atoms with E-state index in [-0.39, 0.29) is 12.2 Å². The zero-order chi connectivity index (χ0) is 30.7. The fourth-order valence-corrected chi connectivity index (χ4v) is 6.02. The van der Waals surface area contributed by atoms with Crippen LogP contribution in [0, 0.1) is 0 Å². The topological polar surface area (TPSA) is 82.4 Å². The smallest absolute Gasteiger partial charge is 0.338 e. The number of nitrogens with zero attached hydrogens (tertiary/aromatic N) is 3. The monoisotopic (exact) mass is 617 g/mol. The Hall–Kier alpha value is -4.34. The molecule has 0 amide bonds. The van der Waals surface area contributed by atoms with Gasteiger partial charge < -0.3 is 19.1 Å². The van der Waals surface area contributed by atoms with Crippen molar-refractivity contribution in [3.8, 4) is 11.5 Å². The van der Waals surface area contributed by atoms with E-state index in [2.05, 4.69) is 4.99 Å². The highest BCUT2D eigenvalue weighted by Gasteiger charge is 2.33. The average molecular weight is 618 g/mol. The number of carbonyl (C=O) groups is 1. The summed E-state index contributed by atoms with van der Waals surface area (Å²) in [5, 5.41) is 0.664. The maximum absolute atomic E-state index is 13.9. The van der Waals surface area contributed by atoms with Crippen LogP contribution in [-0.2, 0) is 16.1 Å². The van der Waals surface area contributed by atoms with Crippen molar-refractivity contribution < 1.29 is 19.0 Å². The number of esters is 1. The van der Waals surface area contributed by atoms with Crippen molar-refractivity contribution in [3.05, 3.63) is 119 Å². The molecule has 1 aliphatic heterocycles. The van der Waals surface area contributed by atoms with E-state index >= 15 is 0 Å². The van der Waals surface area contributed by atoms with Crippen LogP contribution < -0.4 is 29.3 Å². The van der Waals surface area contributed by atoms with Gasteiger partial charge in [0.15, 0.2) is 16.3 Å². The summed E-state index contributed by atoms with van der Waals surface area (Å²) in [6.07, 6.45) is 1.80. The van der Waals surface area contributed by atoms with Crippen LogP contribution in [0.1, 0.15) is 36.6 Å². The summed E-state index contributed by atoms with van der Waals surface area (Å²) in [7, 11) is 5.49. The summed E-state index contributed by atoms with van der Waals surface area (Å²) in [6, 6.07) is 20.1. The molecule has 0 N–H and O–H groups in total. The van der Waals surface area contributed by atoms with Gasteiger partial charge in [-0.1, -0.05) is 53.3 Å². The number of hydrogen-bond donors (Lipinski definition) is 0. The van der Waals surface area contributed by atoms with Gasteiger partial charge in [0.25, 0.3) is 5.56 Å². The summed E-state index contributed by atoms with van der Waals surface area (Å²) in [6.45, 7) is 4.10. The van der Waals surface area contributed by atoms with Crippen molar-refractivity contribution in [2.75, 3.05) is 32.7 Å². The van der Waals surface area contributed by atoms with E-state index in [0.717, 1.165) is 22.4 Å². The summed E-state index contributed by atoms with van der Waals surface area (Å²) in [5.74, 6) is 0.625. The molecule has 0 radical (unpaired) electrons. The van der Waals surface area contributed by atoms with Crippen LogP contribution >= 0.6 is 22.9 Å².